The van der Waals surface area contributed by atoms with Crippen molar-refractivity contribution in [3.05, 3.63) is 24.0 Å². The molecule has 4 nitrogen and oxygen atoms in total. The zero-order valence-electron chi connectivity index (χ0n) is 11.1. The molecule has 0 bridgehead atoms. The molecule has 0 aromatic carbocycles. The standard InChI is InChI=1S/C13H22N4S/c1-3-17(4-2)10-6-9-15-11-7-5-8-16-12(11)13(14)18/h5,7-8,15H,3-4,6,9-10H2,1-2H3,(H2,14,18). The van der Waals surface area contributed by atoms with Crippen LogP contribution in [0.3, 0.4) is 0 Å². The van der Waals surface area contributed by atoms with Crippen LogP contribution in [0.4, 0.5) is 5.69 Å². The Morgan fingerprint density at radius 1 is 1.44 bits per heavy atom. The summed E-state index contributed by atoms with van der Waals surface area (Å²) in [7, 11) is 0. The van der Waals surface area contributed by atoms with E-state index in [1.165, 1.54) is 0 Å². The van der Waals surface area contributed by atoms with Crippen molar-refractivity contribution in [1.29, 1.82) is 0 Å². The van der Waals surface area contributed by atoms with Crippen LogP contribution in [0.1, 0.15) is 26.0 Å². The molecule has 0 unspecified atom stereocenters. The Morgan fingerprint density at radius 2 is 2.17 bits per heavy atom. The maximum atomic E-state index is 5.63. The van der Waals surface area contributed by atoms with Gasteiger partial charge in [0.05, 0.1) is 5.69 Å². The first-order valence-electron chi connectivity index (χ1n) is 6.40. The molecule has 0 aliphatic heterocycles. The highest BCUT2D eigenvalue weighted by molar-refractivity contribution is 7.80. The molecule has 1 aromatic rings. The van der Waals surface area contributed by atoms with E-state index in [0.29, 0.717) is 10.7 Å². The van der Waals surface area contributed by atoms with Gasteiger partial charge >= 0.3 is 0 Å². The second kappa shape index (κ2) is 8.00. The summed E-state index contributed by atoms with van der Waals surface area (Å²) in [5, 5.41) is 3.34. The first-order valence-corrected chi connectivity index (χ1v) is 6.80. The van der Waals surface area contributed by atoms with Gasteiger partial charge in [-0.3, -0.25) is 4.98 Å². The lowest BCUT2D eigenvalue weighted by molar-refractivity contribution is 0.303. The van der Waals surface area contributed by atoms with Crippen LogP contribution in [0.15, 0.2) is 18.3 Å². The molecule has 1 rings (SSSR count). The summed E-state index contributed by atoms with van der Waals surface area (Å²) in [5.41, 5.74) is 7.23. The molecule has 0 spiro atoms. The molecule has 0 atom stereocenters. The molecule has 1 aromatic heterocycles. The Kier molecular flexibility index (Phi) is 6.60. The summed E-state index contributed by atoms with van der Waals surface area (Å²) in [6.07, 6.45) is 2.79. The molecule has 0 amide bonds. The van der Waals surface area contributed by atoms with Crippen molar-refractivity contribution in [2.45, 2.75) is 20.3 Å². The van der Waals surface area contributed by atoms with Gasteiger partial charge in [-0.1, -0.05) is 26.1 Å². The Bertz CT molecular complexity index is 377. The zero-order valence-corrected chi connectivity index (χ0v) is 12.0. The van der Waals surface area contributed by atoms with Gasteiger partial charge in [0, 0.05) is 12.7 Å². The predicted molar refractivity (Wildman–Crippen MR) is 81.0 cm³/mol. The molecular formula is C13H22N4S. The van der Waals surface area contributed by atoms with Crippen LogP contribution in [0.2, 0.25) is 0 Å². The summed E-state index contributed by atoms with van der Waals surface area (Å²) < 4.78 is 0. The number of hydrogen-bond donors (Lipinski definition) is 2. The number of thiocarbonyl (C=S) groups is 1. The molecular weight excluding hydrogens is 244 g/mol. The lowest BCUT2D eigenvalue weighted by atomic mass is 10.2. The minimum absolute atomic E-state index is 0.335. The van der Waals surface area contributed by atoms with Crippen LogP contribution >= 0.6 is 12.2 Å². The Morgan fingerprint density at radius 3 is 2.78 bits per heavy atom. The number of hydrogen-bond acceptors (Lipinski definition) is 4. The molecule has 1 heterocycles. The number of pyridine rings is 1. The summed E-state index contributed by atoms with van der Waals surface area (Å²) in [6, 6.07) is 3.84. The Balaban J connectivity index is 2.42. The molecule has 0 radical (unpaired) electrons. The van der Waals surface area contributed by atoms with Crippen molar-refractivity contribution in [2.75, 3.05) is 31.5 Å². The van der Waals surface area contributed by atoms with Crippen LogP contribution in [0, 0.1) is 0 Å². The highest BCUT2D eigenvalue weighted by Gasteiger charge is 2.05. The van der Waals surface area contributed by atoms with Crippen LogP contribution in [-0.4, -0.2) is 41.1 Å². The fourth-order valence-corrected chi connectivity index (χ4v) is 1.97. The monoisotopic (exact) mass is 266 g/mol. The number of aromatic nitrogens is 1. The first-order chi connectivity index (χ1) is 8.69. The van der Waals surface area contributed by atoms with Crippen molar-refractivity contribution in [2.24, 2.45) is 5.73 Å². The zero-order chi connectivity index (χ0) is 13.4. The van der Waals surface area contributed by atoms with Crippen LogP contribution in [-0.2, 0) is 0 Å². The number of nitrogens with zero attached hydrogens (tertiary/aromatic N) is 2. The molecule has 100 valence electrons. The van der Waals surface area contributed by atoms with Gasteiger partial charge < -0.3 is 16.0 Å². The summed E-state index contributed by atoms with van der Waals surface area (Å²) in [6.45, 7) is 8.57. The van der Waals surface area contributed by atoms with Gasteiger partial charge in [-0.25, -0.2) is 0 Å². The molecule has 5 heteroatoms. The number of rotatable bonds is 8. The van der Waals surface area contributed by atoms with Crippen molar-refractivity contribution in [3.63, 3.8) is 0 Å². The molecule has 0 fully saturated rings. The highest BCUT2D eigenvalue weighted by atomic mass is 32.1. The van der Waals surface area contributed by atoms with E-state index in [1.54, 1.807) is 6.20 Å². The van der Waals surface area contributed by atoms with Gasteiger partial charge in [0.25, 0.3) is 0 Å². The maximum Gasteiger partial charge on any atom is 0.124 e. The minimum Gasteiger partial charge on any atom is -0.388 e. The topological polar surface area (TPSA) is 54.2 Å². The lowest BCUT2D eigenvalue weighted by Crippen LogP contribution is -2.25. The Hall–Kier alpha value is -1.20. The van der Waals surface area contributed by atoms with Gasteiger partial charge in [0.15, 0.2) is 0 Å². The highest BCUT2D eigenvalue weighted by Crippen LogP contribution is 2.11. The van der Waals surface area contributed by atoms with E-state index in [1.807, 2.05) is 12.1 Å². The second-order valence-electron chi connectivity index (χ2n) is 4.07. The third kappa shape index (κ3) is 4.58. The molecule has 0 saturated heterocycles. The van der Waals surface area contributed by atoms with E-state index in [4.69, 9.17) is 18.0 Å². The number of nitrogens with one attached hydrogen (secondary N) is 1. The van der Waals surface area contributed by atoms with E-state index >= 15 is 0 Å². The van der Waals surface area contributed by atoms with Crippen molar-refractivity contribution >= 4 is 22.9 Å². The first kappa shape index (κ1) is 14.9. The predicted octanol–water partition coefficient (Wildman–Crippen LogP) is 1.86. The Labute approximate surface area is 115 Å². The van der Waals surface area contributed by atoms with Gasteiger partial charge in [-0.2, -0.15) is 0 Å². The van der Waals surface area contributed by atoms with Crippen LogP contribution in [0.5, 0.6) is 0 Å². The fourth-order valence-electron chi connectivity index (χ4n) is 1.81. The average molecular weight is 266 g/mol. The van der Waals surface area contributed by atoms with E-state index in [2.05, 4.69) is 29.0 Å². The average Bonchev–Trinajstić information content (AvgIpc) is 2.39. The summed E-state index contributed by atoms with van der Waals surface area (Å²) >= 11 is 4.97. The smallest absolute Gasteiger partial charge is 0.124 e. The van der Waals surface area contributed by atoms with Crippen molar-refractivity contribution in [1.82, 2.24) is 9.88 Å². The largest absolute Gasteiger partial charge is 0.388 e. The lowest BCUT2D eigenvalue weighted by Gasteiger charge is -2.18. The third-order valence-electron chi connectivity index (χ3n) is 2.90. The maximum absolute atomic E-state index is 5.63. The van der Waals surface area contributed by atoms with E-state index in [9.17, 15) is 0 Å². The normalized spacial score (nSPS) is 10.6. The van der Waals surface area contributed by atoms with Crippen LogP contribution < -0.4 is 11.1 Å². The summed E-state index contributed by atoms with van der Waals surface area (Å²) in [4.78, 5) is 6.92. The van der Waals surface area contributed by atoms with E-state index in [0.717, 1.165) is 38.3 Å². The van der Waals surface area contributed by atoms with Gasteiger partial charge in [-0.15, -0.1) is 0 Å². The molecule has 0 saturated carbocycles. The van der Waals surface area contributed by atoms with E-state index < -0.39 is 0 Å². The van der Waals surface area contributed by atoms with Gasteiger partial charge in [0.1, 0.15) is 10.7 Å². The van der Waals surface area contributed by atoms with Crippen LogP contribution in [0.25, 0.3) is 0 Å². The molecule has 3 N–H and O–H groups in total. The second-order valence-corrected chi connectivity index (χ2v) is 4.51. The van der Waals surface area contributed by atoms with E-state index in [-0.39, 0.29) is 0 Å². The van der Waals surface area contributed by atoms with Crippen molar-refractivity contribution in [3.8, 4) is 0 Å². The fraction of sp³-hybridized carbons (Fsp3) is 0.538. The number of nitrogens with two attached hydrogens (primary N) is 1. The third-order valence-corrected chi connectivity index (χ3v) is 3.10. The minimum atomic E-state index is 0.335. The SMILES string of the molecule is CCN(CC)CCCNc1cccnc1C(N)=S. The molecule has 0 aliphatic carbocycles. The van der Waals surface area contributed by atoms with Gasteiger partial charge in [-0.05, 0) is 38.2 Å². The molecule has 0 aliphatic rings. The molecule has 18 heavy (non-hydrogen) atoms. The quantitative estimate of drug-likeness (QED) is 0.555. The van der Waals surface area contributed by atoms with Gasteiger partial charge in [0.2, 0.25) is 0 Å². The number of anilines is 1. The summed E-state index contributed by atoms with van der Waals surface area (Å²) in [5.74, 6) is 0. The van der Waals surface area contributed by atoms with Crippen molar-refractivity contribution < 1.29 is 0 Å².